The van der Waals surface area contributed by atoms with E-state index in [9.17, 15) is 0 Å². The molecule has 1 saturated heterocycles. The van der Waals surface area contributed by atoms with Crippen LogP contribution in [0.3, 0.4) is 0 Å². The molecule has 3 N–H and O–H groups in total. The maximum atomic E-state index is 5.77. The van der Waals surface area contributed by atoms with Crippen molar-refractivity contribution in [3.05, 3.63) is 0 Å². The van der Waals surface area contributed by atoms with Gasteiger partial charge in [0.2, 0.25) is 0 Å². The Labute approximate surface area is 110 Å². The van der Waals surface area contributed by atoms with Crippen LogP contribution in [-0.4, -0.2) is 81.8 Å². The molecule has 1 fully saturated rings. The molecular formula is C12H27N5O. The first-order valence-electron chi connectivity index (χ1n) is 6.58. The Bertz CT molecular complexity index is 251. The third-order valence-electron chi connectivity index (χ3n) is 3.30. The van der Waals surface area contributed by atoms with E-state index < -0.39 is 0 Å². The van der Waals surface area contributed by atoms with Crippen molar-refractivity contribution in [1.82, 2.24) is 15.1 Å². The molecule has 1 rings (SSSR count). The molecule has 1 aliphatic heterocycles. The fraction of sp³-hybridized carbons (Fsp3) is 0.917. The Hall–Kier alpha value is -0.850. The zero-order valence-electron chi connectivity index (χ0n) is 11.9. The number of hydrogen-bond donors (Lipinski definition) is 2. The Morgan fingerprint density at radius 2 is 2.06 bits per heavy atom. The molecule has 1 atom stereocenters. The SMILES string of the molecule is COCCNC(N)=NCC(C)N1CCN(C)CC1. The quantitative estimate of drug-likeness (QED) is 0.369. The van der Waals surface area contributed by atoms with Gasteiger partial charge in [-0.2, -0.15) is 0 Å². The van der Waals surface area contributed by atoms with E-state index >= 15 is 0 Å². The lowest BCUT2D eigenvalue weighted by Gasteiger charge is -2.35. The van der Waals surface area contributed by atoms with E-state index in [4.69, 9.17) is 10.5 Å². The van der Waals surface area contributed by atoms with Gasteiger partial charge in [-0.25, -0.2) is 0 Å². The van der Waals surface area contributed by atoms with Crippen molar-refractivity contribution in [1.29, 1.82) is 0 Å². The zero-order chi connectivity index (χ0) is 13.4. The highest BCUT2D eigenvalue weighted by molar-refractivity contribution is 5.77. The zero-order valence-corrected chi connectivity index (χ0v) is 11.9. The van der Waals surface area contributed by atoms with Gasteiger partial charge in [0.15, 0.2) is 5.96 Å². The normalized spacial score (nSPS) is 20.9. The number of nitrogens with one attached hydrogen (secondary N) is 1. The lowest BCUT2D eigenvalue weighted by molar-refractivity contribution is 0.122. The minimum absolute atomic E-state index is 0.446. The summed E-state index contributed by atoms with van der Waals surface area (Å²) in [7, 11) is 3.84. The molecule has 0 radical (unpaired) electrons. The summed E-state index contributed by atoms with van der Waals surface area (Å²) in [6.45, 7) is 8.80. The first kappa shape index (κ1) is 15.2. The van der Waals surface area contributed by atoms with Crippen LogP contribution in [0.15, 0.2) is 4.99 Å². The van der Waals surface area contributed by atoms with Gasteiger partial charge in [0.25, 0.3) is 0 Å². The van der Waals surface area contributed by atoms with Gasteiger partial charge in [-0.1, -0.05) is 0 Å². The van der Waals surface area contributed by atoms with Crippen molar-refractivity contribution in [3.63, 3.8) is 0 Å². The molecule has 0 aromatic carbocycles. The number of piperazine rings is 1. The summed E-state index contributed by atoms with van der Waals surface area (Å²) in [5.41, 5.74) is 5.77. The van der Waals surface area contributed by atoms with Crippen LogP contribution < -0.4 is 11.1 Å². The van der Waals surface area contributed by atoms with E-state index in [2.05, 4.69) is 34.1 Å². The van der Waals surface area contributed by atoms with Crippen LogP contribution in [0.4, 0.5) is 0 Å². The van der Waals surface area contributed by atoms with Gasteiger partial charge in [-0.15, -0.1) is 0 Å². The molecule has 6 heteroatoms. The molecule has 0 aliphatic carbocycles. The van der Waals surface area contributed by atoms with Gasteiger partial charge in [0.1, 0.15) is 0 Å². The van der Waals surface area contributed by atoms with Crippen molar-refractivity contribution < 1.29 is 4.74 Å². The molecule has 0 aromatic heterocycles. The molecule has 1 unspecified atom stereocenters. The van der Waals surface area contributed by atoms with E-state index in [0.29, 0.717) is 25.2 Å². The third kappa shape index (κ3) is 5.66. The van der Waals surface area contributed by atoms with E-state index in [0.717, 1.165) is 32.7 Å². The fourth-order valence-corrected chi connectivity index (χ4v) is 1.95. The molecule has 18 heavy (non-hydrogen) atoms. The van der Waals surface area contributed by atoms with Crippen LogP contribution in [0, 0.1) is 0 Å². The molecule has 0 aromatic rings. The van der Waals surface area contributed by atoms with Crippen molar-refractivity contribution in [2.75, 3.05) is 60.0 Å². The van der Waals surface area contributed by atoms with Gasteiger partial charge in [-0.05, 0) is 14.0 Å². The number of guanidine groups is 1. The van der Waals surface area contributed by atoms with Crippen LogP contribution in [0.1, 0.15) is 6.92 Å². The second kappa shape index (κ2) is 8.29. The number of hydrogen-bond acceptors (Lipinski definition) is 4. The average molecular weight is 257 g/mol. The minimum atomic E-state index is 0.446. The van der Waals surface area contributed by atoms with Crippen LogP contribution in [0.25, 0.3) is 0 Å². The molecule has 0 saturated carbocycles. The van der Waals surface area contributed by atoms with Gasteiger partial charge in [0.05, 0.1) is 13.2 Å². The predicted octanol–water partition coefficient (Wildman–Crippen LogP) is -0.827. The highest BCUT2D eigenvalue weighted by Crippen LogP contribution is 2.04. The van der Waals surface area contributed by atoms with Crippen LogP contribution in [-0.2, 0) is 4.74 Å². The molecular weight excluding hydrogens is 230 g/mol. The molecule has 0 amide bonds. The second-order valence-electron chi connectivity index (χ2n) is 4.83. The van der Waals surface area contributed by atoms with E-state index in [1.165, 1.54) is 0 Å². The molecule has 1 heterocycles. The van der Waals surface area contributed by atoms with Crippen LogP contribution in [0.2, 0.25) is 0 Å². The monoisotopic (exact) mass is 257 g/mol. The van der Waals surface area contributed by atoms with Gasteiger partial charge < -0.3 is 20.7 Å². The number of rotatable bonds is 6. The summed E-state index contributed by atoms with van der Waals surface area (Å²) in [4.78, 5) is 9.18. The minimum Gasteiger partial charge on any atom is -0.383 e. The van der Waals surface area contributed by atoms with E-state index in [-0.39, 0.29) is 0 Å². The molecule has 0 bridgehead atoms. The number of nitrogens with two attached hydrogens (primary N) is 1. The summed E-state index contributed by atoms with van der Waals surface area (Å²) >= 11 is 0. The molecule has 106 valence electrons. The Balaban J connectivity index is 2.22. The van der Waals surface area contributed by atoms with E-state index in [1.807, 2.05) is 0 Å². The average Bonchev–Trinajstić information content (AvgIpc) is 2.37. The maximum Gasteiger partial charge on any atom is 0.188 e. The number of likely N-dealkylation sites (N-methyl/N-ethyl adjacent to an activating group) is 1. The highest BCUT2D eigenvalue weighted by atomic mass is 16.5. The predicted molar refractivity (Wildman–Crippen MR) is 74.9 cm³/mol. The fourth-order valence-electron chi connectivity index (χ4n) is 1.95. The lowest BCUT2D eigenvalue weighted by Crippen LogP contribution is -2.49. The standard InChI is InChI=1S/C12H27N5O/c1-11(17-7-5-16(2)6-8-17)10-15-12(13)14-4-9-18-3/h11H,4-10H2,1-3H3,(H3,13,14,15). The largest absolute Gasteiger partial charge is 0.383 e. The van der Waals surface area contributed by atoms with Crippen molar-refractivity contribution in [3.8, 4) is 0 Å². The number of aliphatic imine (C=N–C) groups is 1. The first-order valence-corrected chi connectivity index (χ1v) is 6.58. The van der Waals surface area contributed by atoms with Crippen LogP contribution >= 0.6 is 0 Å². The summed E-state index contributed by atoms with van der Waals surface area (Å²) < 4.78 is 4.94. The van der Waals surface area contributed by atoms with Gasteiger partial charge in [-0.3, -0.25) is 9.89 Å². The third-order valence-corrected chi connectivity index (χ3v) is 3.30. The second-order valence-corrected chi connectivity index (χ2v) is 4.83. The summed E-state index contributed by atoms with van der Waals surface area (Å²) in [5, 5.41) is 3.02. The molecule has 1 aliphatic rings. The van der Waals surface area contributed by atoms with Crippen molar-refractivity contribution >= 4 is 5.96 Å². The molecule has 0 spiro atoms. The summed E-state index contributed by atoms with van der Waals surface area (Å²) in [5.74, 6) is 0.507. The topological polar surface area (TPSA) is 66.1 Å². The van der Waals surface area contributed by atoms with Gasteiger partial charge in [0, 0.05) is 45.9 Å². The molecule has 6 nitrogen and oxygen atoms in total. The highest BCUT2D eigenvalue weighted by Gasteiger charge is 2.18. The first-order chi connectivity index (χ1) is 8.63. The van der Waals surface area contributed by atoms with Crippen molar-refractivity contribution in [2.24, 2.45) is 10.7 Å². The number of nitrogens with zero attached hydrogens (tertiary/aromatic N) is 3. The van der Waals surface area contributed by atoms with E-state index in [1.54, 1.807) is 7.11 Å². The van der Waals surface area contributed by atoms with Gasteiger partial charge >= 0.3 is 0 Å². The Kier molecular flexibility index (Phi) is 7.00. The van der Waals surface area contributed by atoms with Crippen molar-refractivity contribution in [2.45, 2.75) is 13.0 Å². The summed E-state index contributed by atoms with van der Waals surface area (Å²) in [6.07, 6.45) is 0. The number of ether oxygens (including phenoxy) is 1. The Morgan fingerprint density at radius 1 is 1.39 bits per heavy atom. The number of methoxy groups -OCH3 is 1. The Morgan fingerprint density at radius 3 is 2.67 bits per heavy atom. The lowest BCUT2D eigenvalue weighted by atomic mass is 10.2. The summed E-state index contributed by atoms with van der Waals surface area (Å²) in [6, 6.07) is 0.446. The smallest absolute Gasteiger partial charge is 0.188 e. The van der Waals surface area contributed by atoms with Crippen LogP contribution in [0.5, 0.6) is 0 Å². The maximum absolute atomic E-state index is 5.77.